The van der Waals surface area contributed by atoms with Crippen molar-refractivity contribution in [2.24, 2.45) is 0 Å². The first kappa shape index (κ1) is 18.2. The van der Waals surface area contributed by atoms with Gasteiger partial charge in [0.2, 0.25) is 0 Å². The van der Waals surface area contributed by atoms with Crippen LogP contribution >= 0.6 is 13.5 Å². The molecule has 0 spiro atoms. The van der Waals surface area contributed by atoms with Crippen molar-refractivity contribution < 1.29 is 9.84 Å². The van der Waals surface area contributed by atoms with Crippen molar-refractivity contribution in [1.29, 1.82) is 0 Å². The lowest BCUT2D eigenvalue weighted by molar-refractivity contribution is 0.122. The molecule has 2 heterocycles. The Kier molecular flexibility index (Phi) is 6.93. The molecular weight excluding hydrogens is 286 g/mol. The Morgan fingerprint density at radius 1 is 1.33 bits per heavy atom. The highest BCUT2D eigenvalue weighted by Gasteiger charge is 2.17. The summed E-state index contributed by atoms with van der Waals surface area (Å²) in [5, 5.41) is 13.5. The summed E-state index contributed by atoms with van der Waals surface area (Å²) in [7, 11) is 0. The fourth-order valence-corrected chi connectivity index (χ4v) is 2.10. The van der Waals surface area contributed by atoms with Crippen molar-refractivity contribution in [2.45, 2.75) is 32.4 Å². The Morgan fingerprint density at radius 3 is 2.62 bits per heavy atom. The molecule has 0 aromatic carbocycles. The van der Waals surface area contributed by atoms with Gasteiger partial charge in [0.15, 0.2) is 0 Å². The van der Waals surface area contributed by atoms with E-state index in [1.165, 1.54) is 0 Å². The summed E-state index contributed by atoms with van der Waals surface area (Å²) in [5.74, 6) is 0.917. The summed E-state index contributed by atoms with van der Waals surface area (Å²) in [6.07, 6.45) is -0.588. The number of nitrogens with zero attached hydrogens (tertiary/aromatic N) is 2. The molecule has 2 rings (SSSR count). The normalized spacial score (nSPS) is 17.2. The predicted octanol–water partition coefficient (Wildman–Crippen LogP) is 1.45. The van der Waals surface area contributed by atoms with E-state index in [2.05, 4.69) is 36.0 Å². The van der Waals surface area contributed by atoms with E-state index in [1.807, 2.05) is 18.2 Å². The molecule has 5 nitrogen and oxygen atoms in total. The van der Waals surface area contributed by atoms with Crippen LogP contribution in [0, 0.1) is 0 Å². The lowest BCUT2D eigenvalue weighted by Gasteiger charge is -2.28. The van der Waals surface area contributed by atoms with Gasteiger partial charge in [-0.2, -0.15) is 13.5 Å². The average Bonchev–Trinajstić information content (AvgIpc) is 2.45. The Labute approximate surface area is 134 Å². The molecule has 1 aliphatic heterocycles. The van der Waals surface area contributed by atoms with E-state index in [0.29, 0.717) is 12.2 Å². The molecule has 1 atom stereocenters. The van der Waals surface area contributed by atoms with Crippen molar-refractivity contribution in [3.8, 4) is 0 Å². The summed E-state index contributed by atoms with van der Waals surface area (Å²) >= 11 is 0. The number of anilines is 1. The molecule has 21 heavy (non-hydrogen) atoms. The molecule has 0 bridgehead atoms. The van der Waals surface area contributed by atoms with Crippen LogP contribution in [0.15, 0.2) is 18.2 Å². The molecule has 2 N–H and O–H groups in total. The number of aromatic nitrogens is 1. The van der Waals surface area contributed by atoms with Crippen LogP contribution in [0.1, 0.15) is 32.6 Å². The fraction of sp³-hybridized carbons (Fsp3) is 0.667. The van der Waals surface area contributed by atoms with E-state index in [4.69, 9.17) is 4.74 Å². The van der Waals surface area contributed by atoms with Crippen molar-refractivity contribution in [3.05, 3.63) is 23.9 Å². The number of morpholine rings is 1. The summed E-state index contributed by atoms with van der Waals surface area (Å²) in [6, 6.07) is 5.81. The van der Waals surface area contributed by atoms with Crippen LogP contribution in [0.5, 0.6) is 0 Å². The smallest absolute Gasteiger partial charge is 0.129 e. The van der Waals surface area contributed by atoms with Gasteiger partial charge in [-0.05, 0) is 32.9 Å². The van der Waals surface area contributed by atoms with Crippen LogP contribution in [0.4, 0.5) is 5.82 Å². The molecule has 0 aliphatic carbocycles. The molecule has 120 valence electrons. The minimum atomic E-state index is -0.588. The Morgan fingerprint density at radius 2 is 2.00 bits per heavy atom. The molecule has 0 unspecified atom stereocenters. The first-order valence-electron chi connectivity index (χ1n) is 7.18. The third kappa shape index (κ3) is 5.82. The quantitative estimate of drug-likeness (QED) is 0.881. The van der Waals surface area contributed by atoms with Crippen LogP contribution in [-0.2, 0) is 4.74 Å². The number of nitrogens with one attached hydrogen (secondary N) is 1. The van der Waals surface area contributed by atoms with Gasteiger partial charge >= 0.3 is 0 Å². The predicted molar refractivity (Wildman–Crippen MR) is 90.4 cm³/mol. The Hall–Kier alpha value is -0.820. The molecule has 1 aliphatic rings. The molecule has 0 saturated carbocycles. The standard InChI is InChI=1S/C15H25N3O2.H2S/c1-15(2,3)16-11-13(19)12-5-4-6-14(17-12)18-7-9-20-10-8-18;/h4-6,13,16,19H,7-11H2,1-3H3;1H2/t13-;/m0./s1. The number of aliphatic hydroxyl groups is 1. The molecule has 1 aromatic rings. The Balaban J connectivity index is 0.00000220. The zero-order valence-electron chi connectivity index (χ0n) is 13.1. The second-order valence-corrected chi connectivity index (χ2v) is 6.17. The van der Waals surface area contributed by atoms with Crippen LogP contribution in [0.2, 0.25) is 0 Å². The van der Waals surface area contributed by atoms with Crippen LogP contribution < -0.4 is 10.2 Å². The van der Waals surface area contributed by atoms with Gasteiger partial charge in [-0.3, -0.25) is 0 Å². The van der Waals surface area contributed by atoms with Gasteiger partial charge in [0, 0.05) is 25.2 Å². The number of aliphatic hydroxyl groups excluding tert-OH is 1. The number of pyridine rings is 1. The zero-order chi connectivity index (χ0) is 14.6. The number of ether oxygens (including phenoxy) is 1. The third-order valence-corrected chi connectivity index (χ3v) is 3.26. The molecule has 1 fully saturated rings. The fourth-order valence-electron chi connectivity index (χ4n) is 2.10. The average molecular weight is 313 g/mol. The summed E-state index contributed by atoms with van der Waals surface area (Å²) < 4.78 is 5.35. The zero-order valence-corrected chi connectivity index (χ0v) is 14.1. The van der Waals surface area contributed by atoms with E-state index in [9.17, 15) is 5.11 Å². The van der Waals surface area contributed by atoms with E-state index >= 15 is 0 Å². The lowest BCUT2D eigenvalue weighted by atomic mass is 10.1. The van der Waals surface area contributed by atoms with Crippen molar-refractivity contribution >= 4 is 19.3 Å². The number of β-amino-alcohol motifs (C(OH)–C–C–N with tert-alkyl or cyclic N) is 1. The SMILES string of the molecule is CC(C)(C)NC[C@H](O)c1cccc(N2CCOCC2)n1.S. The summed E-state index contributed by atoms with van der Waals surface area (Å²) in [5.41, 5.74) is 0.703. The summed E-state index contributed by atoms with van der Waals surface area (Å²) in [6.45, 7) is 9.93. The number of hydrogen-bond donors (Lipinski definition) is 2. The van der Waals surface area contributed by atoms with Gasteiger partial charge in [-0.1, -0.05) is 6.07 Å². The second kappa shape index (κ2) is 7.98. The van der Waals surface area contributed by atoms with Crippen LogP contribution in [-0.4, -0.2) is 48.5 Å². The monoisotopic (exact) mass is 313 g/mol. The van der Waals surface area contributed by atoms with E-state index < -0.39 is 6.10 Å². The van der Waals surface area contributed by atoms with Gasteiger partial charge in [-0.15, -0.1) is 0 Å². The van der Waals surface area contributed by atoms with Crippen molar-refractivity contribution in [3.63, 3.8) is 0 Å². The third-order valence-electron chi connectivity index (χ3n) is 3.26. The maximum absolute atomic E-state index is 10.2. The molecule has 6 heteroatoms. The molecular formula is C15H27N3O2S. The summed E-state index contributed by atoms with van der Waals surface area (Å²) in [4.78, 5) is 6.77. The van der Waals surface area contributed by atoms with Gasteiger partial charge in [0.05, 0.1) is 18.9 Å². The van der Waals surface area contributed by atoms with E-state index in [0.717, 1.165) is 32.1 Å². The maximum atomic E-state index is 10.2. The molecule has 1 aromatic heterocycles. The lowest BCUT2D eigenvalue weighted by Crippen LogP contribution is -2.39. The second-order valence-electron chi connectivity index (χ2n) is 6.17. The molecule has 0 amide bonds. The molecule has 1 saturated heterocycles. The van der Waals surface area contributed by atoms with Gasteiger partial charge < -0.3 is 20.1 Å². The van der Waals surface area contributed by atoms with Crippen molar-refractivity contribution in [2.75, 3.05) is 37.7 Å². The Bertz CT molecular complexity index is 431. The number of rotatable bonds is 4. The number of hydrogen-bond acceptors (Lipinski definition) is 5. The van der Waals surface area contributed by atoms with Crippen LogP contribution in [0.25, 0.3) is 0 Å². The minimum absolute atomic E-state index is 0. The first-order valence-corrected chi connectivity index (χ1v) is 7.18. The van der Waals surface area contributed by atoms with Gasteiger partial charge in [0.25, 0.3) is 0 Å². The highest BCUT2D eigenvalue weighted by Crippen LogP contribution is 2.17. The highest BCUT2D eigenvalue weighted by atomic mass is 32.1. The first-order chi connectivity index (χ1) is 9.46. The van der Waals surface area contributed by atoms with Gasteiger partial charge in [0.1, 0.15) is 11.9 Å². The molecule has 0 radical (unpaired) electrons. The van der Waals surface area contributed by atoms with Gasteiger partial charge in [-0.25, -0.2) is 4.98 Å². The maximum Gasteiger partial charge on any atom is 0.129 e. The van der Waals surface area contributed by atoms with Crippen LogP contribution in [0.3, 0.4) is 0 Å². The topological polar surface area (TPSA) is 57.6 Å². The van der Waals surface area contributed by atoms with Crippen molar-refractivity contribution in [1.82, 2.24) is 10.3 Å². The minimum Gasteiger partial charge on any atom is -0.385 e. The van der Waals surface area contributed by atoms with E-state index in [-0.39, 0.29) is 19.0 Å². The highest BCUT2D eigenvalue weighted by molar-refractivity contribution is 7.59. The van der Waals surface area contributed by atoms with E-state index in [1.54, 1.807) is 0 Å². The largest absolute Gasteiger partial charge is 0.385 e.